The zero-order valence-corrected chi connectivity index (χ0v) is 11.3. The second kappa shape index (κ2) is 4.13. The van der Waals surface area contributed by atoms with Crippen LogP contribution in [0.3, 0.4) is 0 Å². The summed E-state index contributed by atoms with van der Waals surface area (Å²) >= 11 is 0. The van der Waals surface area contributed by atoms with Gasteiger partial charge in [-0.05, 0) is 44.2 Å². The van der Waals surface area contributed by atoms with E-state index in [1.807, 2.05) is 0 Å². The lowest BCUT2D eigenvalue weighted by atomic mass is 10.0. The van der Waals surface area contributed by atoms with Crippen LogP contribution in [0.2, 0.25) is 0 Å². The van der Waals surface area contributed by atoms with Crippen LogP contribution in [-0.4, -0.2) is 4.57 Å². The normalized spacial score (nSPS) is 17.7. The fraction of sp³-hybridized carbons (Fsp3) is 0.500. The second-order valence-electron chi connectivity index (χ2n) is 6.12. The van der Waals surface area contributed by atoms with Crippen LogP contribution in [0.4, 0.5) is 0 Å². The molecule has 2 nitrogen and oxygen atoms in total. The maximum absolute atomic E-state index is 6.37. The number of nitrogens with two attached hydrogens (primary N) is 1. The minimum absolute atomic E-state index is 0.276. The van der Waals surface area contributed by atoms with Gasteiger partial charge in [-0.3, -0.25) is 0 Å². The van der Waals surface area contributed by atoms with Crippen molar-refractivity contribution in [3.63, 3.8) is 0 Å². The molecular weight excluding hydrogens is 220 g/mol. The lowest BCUT2D eigenvalue weighted by Crippen LogP contribution is -2.32. The minimum atomic E-state index is -0.276. The molecule has 0 amide bonds. The molecule has 18 heavy (non-hydrogen) atoms. The third-order valence-electron chi connectivity index (χ3n) is 4.10. The zero-order chi connectivity index (χ0) is 12.8. The Balaban J connectivity index is 2.24. The largest absolute Gasteiger partial charge is 0.340 e. The molecule has 1 fully saturated rings. The molecule has 3 rings (SSSR count). The number of para-hydroxylation sites is 1. The van der Waals surface area contributed by atoms with Crippen molar-refractivity contribution in [3.8, 4) is 0 Å². The summed E-state index contributed by atoms with van der Waals surface area (Å²) in [5, 5.41) is 1.32. The molecule has 2 aromatic rings. The van der Waals surface area contributed by atoms with E-state index in [-0.39, 0.29) is 5.54 Å². The van der Waals surface area contributed by atoms with Crippen molar-refractivity contribution in [1.29, 1.82) is 0 Å². The first kappa shape index (κ1) is 11.8. The van der Waals surface area contributed by atoms with Crippen LogP contribution < -0.4 is 5.73 Å². The Labute approximate surface area is 109 Å². The summed E-state index contributed by atoms with van der Waals surface area (Å²) in [6, 6.07) is 11.6. The Hall–Kier alpha value is -1.28. The maximum Gasteiger partial charge on any atom is 0.0506 e. The van der Waals surface area contributed by atoms with E-state index in [4.69, 9.17) is 5.73 Å². The van der Waals surface area contributed by atoms with Crippen molar-refractivity contribution in [1.82, 2.24) is 4.57 Å². The molecule has 1 heterocycles. The van der Waals surface area contributed by atoms with Gasteiger partial charge in [-0.25, -0.2) is 0 Å². The van der Waals surface area contributed by atoms with Gasteiger partial charge in [-0.15, -0.1) is 0 Å². The van der Waals surface area contributed by atoms with E-state index in [2.05, 4.69) is 48.7 Å². The topological polar surface area (TPSA) is 30.9 Å². The Morgan fingerprint density at radius 3 is 2.50 bits per heavy atom. The van der Waals surface area contributed by atoms with E-state index in [1.165, 1.54) is 42.3 Å². The van der Waals surface area contributed by atoms with E-state index in [0.717, 1.165) is 0 Å². The quantitative estimate of drug-likeness (QED) is 0.849. The van der Waals surface area contributed by atoms with E-state index >= 15 is 0 Å². The van der Waals surface area contributed by atoms with E-state index in [0.29, 0.717) is 6.04 Å². The highest BCUT2D eigenvalue weighted by Gasteiger charge is 2.26. The molecule has 1 aliphatic rings. The van der Waals surface area contributed by atoms with Crippen molar-refractivity contribution < 1.29 is 0 Å². The Morgan fingerprint density at radius 1 is 1.17 bits per heavy atom. The number of hydrogen-bond acceptors (Lipinski definition) is 1. The van der Waals surface area contributed by atoms with Gasteiger partial charge in [0, 0.05) is 17.3 Å². The van der Waals surface area contributed by atoms with Gasteiger partial charge in [-0.2, -0.15) is 0 Å². The average molecular weight is 242 g/mol. The number of benzene rings is 1. The van der Waals surface area contributed by atoms with Gasteiger partial charge < -0.3 is 10.3 Å². The highest BCUT2D eigenvalue weighted by atomic mass is 15.1. The molecule has 0 bridgehead atoms. The smallest absolute Gasteiger partial charge is 0.0506 e. The van der Waals surface area contributed by atoms with Gasteiger partial charge in [-0.1, -0.05) is 31.0 Å². The van der Waals surface area contributed by atoms with Gasteiger partial charge in [0.25, 0.3) is 0 Å². The number of rotatable bonds is 2. The van der Waals surface area contributed by atoms with E-state index < -0.39 is 0 Å². The van der Waals surface area contributed by atoms with Crippen molar-refractivity contribution in [2.75, 3.05) is 0 Å². The molecule has 1 saturated carbocycles. The fourth-order valence-corrected chi connectivity index (χ4v) is 3.23. The Bertz CT molecular complexity index is 554. The molecule has 0 spiro atoms. The zero-order valence-electron chi connectivity index (χ0n) is 11.3. The van der Waals surface area contributed by atoms with Crippen molar-refractivity contribution in [3.05, 3.63) is 36.0 Å². The highest BCUT2D eigenvalue weighted by Crippen LogP contribution is 2.37. The van der Waals surface area contributed by atoms with Gasteiger partial charge in [0.2, 0.25) is 0 Å². The number of nitrogens with zero attached hydrogens (tertiary/aromatic N) is 1. The molecule has 2 heteroatoms. The summed E-state index contributed by atoms with van der Waals surface area (Å²) in [5.74, 6) is 0. The second-order valence-corrected chi connectivity index (χ2v) is 6.12. The lowest BCUT2D eigenvalue weighted by Gasteiger charge is -2.26. The molecule has 1 aromatic heterocycles. The molecule has 96 valence electrons. The molecular formula is C16H22N2. The Morgan fingerprint density at radius 2 is 1.83 bits per heavy atom. The van der Waals surface area contributed by atoms with Crippen molar-refractivity contribution in [2.24, 2.45) is 5.73 Å². The summed E-state index contributed by atoms with van der Waals surface area (Å²) < 4.78 is 2.50. The van der Waals surface area contributed by atoms with Crippen LogP contribution in [0.25, 0.3) is 10.9 Å². The van der Waals surface area contributed by atoms with Crippen LogP contribution in [0, 0.1) is 0 Å². The molecule has 0 saturated heterocycles. The number of aromatic nitrogens is 1. The first-order valence-electron chi connectivity index (χ1n) is 6.97. The van der Waals surface area contributed by atoms with Crippen LogP contribution in [-0.2, 0) is 5.54 Å². The standard InChI is InChI=1S/C16H22N2/c1-16(2,17)15-11-12-7-3-6-10-14(12)18(15)13-8-4-5-9-13/h3,6-7,10-11,13H,4-5,8-9,17H2,1-2H3. The Kier molecular flexibility index (Phi) is 2.70. The molecule has 0 aliphatic heterocycles. The predicted molar refractivity (Wildman–Crippen MR) is 76.7 cm³/mol. The molecule has 0 atom stereocenters. The van der Waals surface area contributed by atoms with Gasteiger partial charge in [0.05, 0.1) is 5.54 Å². The first-order chi connectivity index (χ1) is 8.57. The summed E-state index contributed by atoms with van der Waals surface area (Å²) in [6.45, 7) is 4.21. The average Bonchev–Trinajstić information content (AvgIpc) is 2.94. The van der Waals surface area contributed by atoms with Crippen molar-refractivity contribution in [2.45, 2.75) is 51.1 Å². The fourth-order valence-electron chi connectivity index (χ4n) is 3.23. The minimum Gasteiger partial charge on any atom is -0.340 e. The summed E-state index contributed by atoms with van der Waals surface area (Å²) in [7, 11) is 0. The van der Waals surface area contributed by atoms with E-state index in [1.54, 1.807) is 0 Å². The lowest BCUT2D eigenvalue weighted by molar-refractivity contribution is 0.446. The van der Waals surface area contributed by atoms with Gasteiger partial charge in [0.15, 0.2) is 0 Å². The van der Waals surface area contributed by atoms with Gasteiger partial charge in [0.1, 0.15) is 0 Å². The summed E-state index contributed by atoms with van der Waals surface area (Å²) in [4.78, 5) is 0. The highest BCUT2D eigenvalue weighted by molar-refractivity contribution is 5.81. The summed E-state index contributed by atoms with van der Waals surface area (Å²) in [6.07, 6.45) is 5.28. The third-order valence-corrected chi connectivity index (χ3v) is 4.10. The third kappa shape index (κ3) is 1.85. The monoisotopic (exact) mass is 242 g/mol. The first-order valence-corrected chi connectivity index (χ1v) is 6.97. The molecule has 1 aliphatic carbocycles. The maximum atomic E-state index is 6.37. The number of fused-ring (bicyclic) bond motifs is 1. The van der Waals surface area contributed by atoms with Gasteiger partial charge >= 0.3 is 0 Å². The van der Waals surface area contributed by atoms with E-state index in [9.17, 15) is 0 Å². The predicted octanol–water partition coefficient (Wildman–Crippen LogP) is 3.95. The van der Waals surface area contributed by atoms with Crippen molar-refractivity contribution >= 4 is 10.9 Å². The summed E-state index contributed by atoms with van der Waals surface area (Å²) in [5.41, 5.74) is 8.71. The van der Waals surface area contributed by atoms with Crippen LogP contribution in [0.1, 0.15) is 51.3 Å². The molecule has 1 aromatic carbocycles. The van der Waals surface area contributed by atoms with Crippen LogP contribution in [0.5, 0.6) is 0 Å². The van der Waals surface area contributed by atoms with Crippen LogP contribution >= 0.6 is 0 Å². The molecule has 2 N–H and O–H groups in total. The SMILES string of the molecule is CC(C)(N)c1cc2ccccc2n1C1CCCC1. The molecule has 0 unspecified atom stereocenters. The molecule has 0 radical (unpaired) electrons. The van der Waals surface area contributed by atoms with Crippen LogP contribution in [0.15, 0.2) is 30.3 Å². The number of hydrogen-bond donors (Lipinski definition) is 1.